The largest absolute Gasteiger partial charge is 0.494 e. The van der Waals surface area contributed by atoms with Crippen LogP contribution in [0.25, 0.3) is 0 Å². The van der Waals surface area contributed by atoms with Crippen LogP contribution in [-0.2, 0) is 9.47 Å². The van der Waals surface area contributed by atoms with Crippen LogP contribution >= 0.6 is 0 Å². The van der Waals surface area contributed by atoms with Crippen LogP contribution in [0.5, 0.6) is 5.75 Å². The molecule has 166 valence electrons. The molecule has 0 atom stereocenters. The van der Waals surface area contributed by atoms with Crippen LogP contribution < -0.4 is 10.5 Å². The second-order valence-corrected chi connectivity index (χ2v) is 7.08. The van der Waals surface area contributed by atoms with E-state index in [0.29, 0.717) is 17.9 Å². The number of nitrogens with two attached hydrogens (primary N) is 1. The van der Waals surface area contributed by atoms with E-state index in [-0.39, 0.29) is 16.7 Å². The average molecular weight is 427 g/mol. The zero-order chi connectivity index (χ0) is 22.6. The van der Waals surface area contributed by atoms with E-state index in [0.717, 1.165) is 38.7 Å². The Morgan fingerprint density at radius 2 is 1.39 bits per heavy atom. The fourth-order valence-electron chi connectivity index (χ4n) is 3.12. The Balaban J connectivity index is 1.99. The monoisotopic (exact) mass is 427 g/mol. The molecule has 2 N–H and O–H groups in total. The molecule has 0 unspecified atom stereocenters. The zero-order valence-corrected chi connectivity index (χ0v) is 18.0. The molecule has 2 rings (SSSR count). The van der Waals surface area contributed by atoms with E-state index in [9.17, 15) is 14.4 Å². The molecule has 0 saturated carbocycles. The first kappa shape index (κ1) is 24.1. The molecule has 0 aromatic heterocycles. The Hall–Kier alpha value is -3.19. The first-order chi connectivity index (χ1) is 15.0. The summed E-state index contributed by atoms with van der Waals surface area (Å²) in [4.78, 5) is 36.5. The maximum atomic E-state index is 12.9. The van der Waals surface area contributed by atoms with Crippen LogP contribution in [-0.4, -0.2) is 45.1 Å². The predicted octanol–water partition coefficient (Wildman–Crippen LogP) is 3.78. The number of benzene rings is 2. The van der Waals surface area contributed by atoms with Crippen LogP contribution in [0.2, 0.25) is 0 Å². The molecule has 1 amide bonds. The Kier molecular flexibility index (Phi) is 9.71. The fraction of sp³-hybridized carbons (Fsp3) is 0.375. The van der Waals surface area contributed by atoms with Crippen LogP contribution in [0, 0.1) is 0 Å². The molecule has 0 aliphatic carbocycles. The number of hydrogen-bond acceptors (Lipinski definition) is 6. The van der Waals surface area contributed by atoms with Gasteiger partial charge < -0.3 is 19.9 Å². The molecular formula is C24H29NO6. The van der Waals surface area contributed by atoms with E-state index in [4.69, 9.17) is 15.2 Å². The van der Waals surface area contributed by atoms with Gasteiger partial charge in [-0.15, -0.1) is 0 Å². The molecule has 0 bridgehead atoms. The number of carbonyl (C=O) groups is 3. The summed E-state index contributed by atoms with van der Waals surface area (Å²) in [6, 6.07) is 10.7. The van der Waals surface area contributed by atoms with Gasteiger partial charge in [0.25, 0.3) is 0 Å². The van der Waals surface area contributed by atoms with E-state index in [1.165, 1.54) is 25.3 Å². The molecule has 2 aromatic rings. The maximum absolute atomic E-state index is 12.9. The summed E-state index contributed by atoms with van der Waals surface area (Å²) in [7, 11) is 2.95. The van der Waals surface area contributed by atoms with Crippen molar-refractivity contribution in [3.63, 3.8) is 0 Å². The Morgan fingerprint density at radius 3 is 2.00 bits per heavy atom. The van der Waals surface area contributed by atoms with Gasteiger partial charge in [0, 0.05) is 24.8 Å². The molecule has 2 aromatic carbocycles. The van der Waals surface area contributed by atoms with Crippen molar-refractivity contribution in [3.8, 4) is 5.75 Å². The first-order valence-electron chi connectivity index (χ1n) is 10.3. The third-order valence-electron chi connectivity index (χ3n) is 4.83. The van der Waals surface area contributed by atoms with Crippen molar-refractivity contribution in [1.82, 2.24) is 0 Å². The van der Waals surface area contributed by atoms with Crippen molar-refractivity contribution >= 4 is 17.7 Å². The second kappa shape index (κ2) is 12.5. The van der Waals surface area contributed by atoms with E-state index in [1.54, 1.807) is 31.4 Å². The highest BCUT2D eigenvalue weighted by molar-refractivity contribution is 6.16. The van der Waals surface area contributed by atoms with Crippen molar-refractivity contribution in [2.24, 2.45) is 5.73 Å². The summed E-state index contributed by atoms with van der Waals surface area (Å²) in [6.45, 7) is 1.40. The number of rotatable bonds is 13. The number of esters is 1. The van der Waals surface area contributed by atoms with Gasteiger partial charge in [-0.25, -0.2) is 4.79 Å². The molecule has 0 fully saturated rings. The van der Waals surface area contributed by atoms with E-state index >= 15 is 0 Å². The molecule has 0 spiro atoms. The number of hydrogen-bond donors (Lipinski definition) is 1. The Bertz CT molecular complexity index is 891. The highest BCUT2D eigenvalue weighted by atomic mass is 16.5. The van der Waals surface area contributed by atoms with Gasteiger partial charge >= 0.3 is 5.97 Å². The van der Waals surface area contributed by atoms with Gasteiger partial charge in [-0.1, -0.05) is 19.3 Å². The molecular weight excluding hydrogens is 398 g/mol. The minimum absolute atomic E-state index is 0.0449. The zero-order valence-electron chi connectivity index (χ0n) is 18.0. The maximum Gasteiger partial charge on any atom is 0.337 e. The normalized spacial score (nSPS) is 10.5. The number of primary amides is 1. The summed E-state index contributed by atoms with van der Waals surface area (Å²) in [5.74, 6) is -1.11. The molecule has 0 aliphatic rings. The highest BCUT2D eigenvalue weighted by Gasteiger charge is 2.19. The van der Waals surface area contributed by atoms with Crippen molar-refractivity contribution in [3.05, 3.63) is 64.7 Å². The van der Waals surface area contributed by atoms with Gasteiger partial charge in [0.05, 0.1) is 24.8 Å². The summed E-state index contributed by atoms with van der Waals surface area (Å²) < 4.78 is 15.4. The first-order valence-corrected chi connectivity index (χ1v) is 10.3. The number of unbranched alkanes of at least 4 members (excludes halogenated alkanes) is 4. The smallest absolute Gasteiger partial charge is 0.337 e. The van der Waals surface area contributed by atoms with Gasteiger partial charge in [0.1, 0.15) is 5.75 Å². The van der Waals surface area contributed by atoms with Crippen molar-refractivity contribution < 1.29 is 28.6 Å². The number of amides is 1. The minimum atomic E-state index is -0.748. The lowest BCUT2D eigenvalue weighted by Crippen LogP contribution is -2.18. The average Bonchev–Trinajstić information content (AvgIpc) is 2.79. The highest BCUT2D eigenvalue weighted by Crippen LogP contribution is 2.20. The number of ether oxygens (including phenoxy) is 3. The van der Waals surface area contributed by atoms with Crippen LogP contribution in [0.4, 0.5) is 0 Å². The Morgan fingerprint density at radius 1 is 0.774 bits per heavy atom. The molecule has 0 radical (unpaired) electrons. The predicted molar refractivity (Wildman–Crippen MR) is 117 cm³/mol. The van der Waals surface area contributed by atoms with Gasteiger partial charge in [-0.3, -0.25) is 9.59 Å². The number of methoxy groups -OCH3 is 2. The van der Waals surface area contributed by atoms with Crippen molar-refractivity contribution in [1.29, 1.82) is 0 Å². The van der Waals surface area contributed by atoms with Gasteiger partial charge in [0.15, 0.2) is 5.78 Å². The summed E-state index contributed by atoms with van der Waals surface area (Å²) >= 11 is 0. The third kappa shape index (κ3) is 7.22. The molecule has 0 aliphatic heterocycles. The van der Waals surface area contributed by atoms with Gasteiger partial charge in [-0.05, 0) is 55.3 Å². The van der Waals surface area contributed by atoms with E-state index in [1.807, 2.05) is 0 Å². The quantitative estimate of drug-likeness (QED) is 0.296. The van der Waals surface area contributed by atoms with E-state index < -0.39 is 17.7 Å². The summed E-state index contributed by atoms with van der Waals surface area (Å²) in [6.07, 6.45) is 5.41. The fourth-order valence-corrected chi connectivity index (χ4v) is 3.12. The van der Waals surface area contributed by atoms with Crippen molar-refractivity contribution in [2.45, 2.75) is 32.1 Å². The lowest BCUT2D eigenvalue weighted by atomic mass is 9.96. The molecule has 7 heteroatoms. The number of carbonyl (C=O) groups excluding carboxylic acids is 3. The summed E-state index contributed by atoms with van der Waals surface area (Å²) in [5.41, 5.74) is 6.01. The standard InChI is InChI=1S/C24H29NO6/c1-29-14-6-4-3-5-7-15-31-19-11-8-17(9-12-19)22(26)21-16-18(24(28)30-2)10-13-20(21)23(25)27/h8-13,16H,3-7,14-15H2,1-2H3,(H2,25,27). The van der Waals surface area contributed by atoms with E-state index in [2.05, 4.69) is 4.74 Å². The third-order valence-corrected chi connectivity index (χ3v) is 4.83. The number of ketones is 1. The Labute approximate surface area is 182 Å². The van der Waals surface area contributed by atoms with Gasteiger partial charge in [-0.2, -0.15) is 0 Å². The molecule has 31 heavy (non-hydrogen) atoms. The molecule has 0 heterocycles. The van der Waals surface area contributed by atoms with Crippen LogP contribution in [0.1, 0.15) is 68.7 Å². The molecule has 7 nitrogen and oxygen atoms in total. The van der Waals surface area contributed by atoms with Crippen LogP contribution in [0.15, 0.2) is 42.5 Å². The lowest BCUT2D eigenvalue weighted by molar-refractivity contribution is 0.0600. The summed E-state index contributed by atoms with van der Waals surface area (Å²) in [5, 5.41) is 0. The lowest BCUT2D eigenvalue weighted by Gasteiger charge is -2.10. The second-order valence-electron chi connectivity index (χ2n) is 7.08. The van der Waals surface area contributed by atoms with Crippen LogP contribution in [0.3, 0.4) is 0 Å². The SMILES string of the molecule is COCCCCCCCOc1ccc(C(=O)c2cc(C(=O)OC)ccc2C(N)=O)cc1. The van der Waals surface area contributed by atoms with Crippen molar-refractivity contribution in [2.75, 3.05) is 27.4 Å². The minimum Gasteiger partial charge on any atom is -0.494 e. The van der Waals surface area contributed by atoms with Gasteiger partial charge in [0.2, 0.25) is 5.91 Å². The topological polar surface area (TPSA) is 105 Å². The molecule has 0 saturated heterocycles.